The van der Waals surface area contributed by atoms with Gasteiger partial charge in [-0.25, -0.2) is 27.1 Å². The fourth-order valence-electron chi connectivity index (χ4n) is 2.38. The highest BCUT2D eigenvalue weighted by Crippen LogP contribution is 2.25. The number of ether oxygens (including phenoxy) is 1. The monoisotopic (exact) mass is 416 g/mol. The van der Waals surface area contributed by atoms with E-state index in [0.29, 0.717) is 5.75 Å². The number of carbonyl (C=O) groups excluding carboxylic acids is 1. The summed E-state index contributed by atoms with van der Waals surface area (Å²) in [7, 11) is -0.898. The highest BCUT2D eigenvalue weighted by molar-refractivity contribution is 7.89. The second-order valence-corrected chi connectivity index (χ2v) is 8.27. The molecule has 1 amide bonds. The summed E-state index contributed by atoms with van der Waals surface area (Å²) in [6, 6.07) is 9.25. The molecule has 0 saturated carbocycles. The third kappa shape index (κ3) is 4.92. The molecule has 150 valence electrons. The zero-order valence-electron chi connectivity index (χ0n) is 15.5. The van der Waals surface area contributed by atoms with Gasteiger partial charge in [-0.15, -0.1) is 0 Å². The molecule has 8 nitrogen and oxygen atoms in total. The predicted molar refractivity (Wildman–Crippen MR) is 104 cm³/mol. The van der Waals surface area contributed by atoms with Gasteiger partial charge in [-0.05, 0) is 24.3 Å². The van der Waals surface area contributed by atoms with E-state index in [2.05, 4.69) is 15.3 Å². The van der Waals surface area contributed by atoms with E-state index in [1.165, 1.54) is 63.1 Å². The number of nitrogens with one attached hydrogen (secondary N) is 1. The SMILES string of the molecule is CN(C)S(=O)(=O)c1cccc(C(=O)Nc2cc(F)cc(Oc3cncnc3)c2)c1. The molecule has 0 aliphatic carbocycles. The molecule has 29 heavy (non-hydrogen) atoms. The Morgan fingerprint density at radius 3 is 2.48 bits per heavy atom. The average Bonchev–Trinajstić information content (AvgIpc) is 2.68. The number of aromatic nitrogens is 2. The zero-order valence-corrected chi connectivity index (χ0v) is 16.4. The first-order valence-electron chi connectivity index (χ1n) is 8.33. The lowest BCUT2D eigenvalue weighted by molar-refractivity contribution is 0.102. The molecular weight excluding hydrogens is 399 g/mol. The Morgan fingerprint density at radius 1 is 1.07 bits per heavy atom. The molecule has 0 spiro atoms. The van der Waals surface area contributed by atoms with Gasteiger partial charge < -0.3 is 10.1 Å². The molecule has 0 aliphatic rings. The van der Waals surface area contributed by atoms with E-state index in [9.17, 15) is 17.6 Å². The smallest absolute Gasteiger partial charge is 0.255 e. The topological polar surface area (TPSA) is 101 Å². The van der Waals surface area contributed by atoms with Crippen molar-refractivity contribution in [1.82, 2.24) is 14.3 Å². The minimum absolute atomic E-state index is 0.0255. The summed E-state index contributed by atoms with van der Waals surface area (Å²) in [5, 5.41) is 2.53. The van der Waals surface area contributed by atoms with Gasteiger partial charge in [-0.1, -0.05) is 6.07 Å². The molecule has 0 saturated heterocycles. The lowest BCUT2D eigenvalue weighted by Gasteiger charge is -2.13. The average molecular weight is 416 g/mol. The number of nitrogens with zero attached hydrogens (tertiary/aromatic N) is 3. The van der Waals surface area contributed by atoms with Crippen LogP contribution in [0, 0.1) is 5.82 Å². The molecule has 0 bridgehead atoms. The number of sulfonamides is 1. The van der Waals surface area contributed by atoms with Crippen LogP contribution in [-0.4, -0.2) is 42.7 Å². The second kappa shape index (κ2) is 8.33. The van der Waals surface area contributed by atoms with Gasteiger partial charge in [0.25, 0.3) is 5.91 Å². The molecule has 3 aromatic rings. The Balaban J connectivity index is 1.82. The fourth-order valence-corrected chi connectivity index (χ4v) is 3.33. The quantitative estimate of drug-likeness (QED) is 0.663. The molecule has 0 atom stereocenters. The van der Waals surface area contributed by atoms with E-state index in [4.69, 9.17) is 4.74 Å². The largest absolute Gasteiger partial charge is 0.454 e. The normalized spacial score (nSPS) is 11.3. The Morgan fingerprint density at radius 2 is 1.79 bits per heavy atom. The Kier molecular flexibility index (Phi) is 5.85. The molecule has 1 aromatic heterocycles. The molecule has 1 N–H and O–H groups in total. The third-order valence-electron chi connectivity index (χ3n) is 3.78. The molecule has 2 aromatic carbocycles. The summed E-state index contributed by atoms with van der Waals surface area (Å²) in [5.41, 5.74) is 0.249. The maximum Gasteiger partial charge on any atom is 0.255 e. The van der Waals surface area contributed by atoms with Crippen LogP contribution < -0.4 is 10.1 Å². The number of hydrogen-bond acceptors (Lipinski definition) is 6. The number of benzene rings is 2. The van der Waals surface area contributed by atoms with Crippen molar-refractivity contribution in [1.29, 1.82) is 0 Å². The lowest BCUT2D eigenvalue weighted by Crippen LogP contribution is -2.22. The molecule has 10 heteroatoms. The summed E-state index contributed by atoms with van der Waals surface area (Å²) in [5.74, 6) is -0.782. The van der Waals surface area contributed by atoms with Gasteiger partial charge in [0.15, 0.2) is 5.75 Å². The maximum absolute atomic E-state index is 13.9. The van der Waals surface area contributed by atoms with Gasteiger partial charge in [0, 0.05) is 37.5 Å². The number of anilines is 1. The molecule has 0 unspecified atom stereocenters. The van der Waals surface area contributed by atoms with Crippen LogP contribution in [0.1, 0.15) is 10.4 Å². The summed E-state index contributed by atoms with van der Waals surface area (Å²) in [6.07, 6.45) is 4.15. The van der Waals surface area contributed by atoms with Gasteiger partial charge >= 0.3 is 0 Å². The van der Waals surface area contributed by atoms with Gasteiger partial charge in [-0.3, -0.25) is 4.79 Å². The number of halogens is 1. The van der Waals surface area contributed by atoms with E-state index < -0.39 is 21.7 Å². The third-order valence-corrected chi connectivity index (χ3v) is 5.59. The lowest BCUT2D eigenvalue weighted by atomic mass is 10.2. The van der Waals surface area contributed by atoms with Crippen LogP contribution in [0.3, 0.4) is 0 Å². The summed E-state index contributed by atoms with van der Waals surface area (Å²) in [6.45, 7) is 0. The first-order chi connectivity index (χ1) is 13.8. The first-order valence-corrected chi connectivity index (χ1v) is 9.77. The van der Waals surface area contributed by atoms with E-state index >= 15 is 0 Å². The Hall–Kier alpha value is -3.37. The molecule has 1 heterocycles. The van der Waals surface area contributed by atoms with Crippen molar-refractivity contribution in [3.63, 3.8) is 0 Å². The van der Waals surface area contributed by atoms with Crippen molar-refractivity contribution < 1.29 is 22.3 Å². The van der Waals surface area contributed by atoms with Crippen LogP contribution in [0.5, 0.6) is 11.5 Å². The zero-order chi connectivity index (χ0) is 21.0. The van der Waals surface area contributed by atoms with Crippen molar-refractivity contribution in [2.75, 3.05) is 19.4 Å². The highest BCUT2D eigenvalue weighted by atomic mass is 32.2. The van der Waals surface area contributed by atoms with Gasteiger partial charge in [0.05, 0.1) is 17.3 Å². The molecule has 0 radical (unpaired) electrons. The van der Waals surface area contributed by atoms with Gasteiger partial charge in [0.2, 0.25) is 10.0 Å². The first kappa shape index (κ1) is 20.4. The van der Waals surface area contributed by atoms with Gasteiger partial charge in [-0.2, -0.15) is 0 Å². The van der Waals surface area contributed by atoms with Crippen molar-refractivity contribution in [3.8, 4) is 11.5 Å². The van der Waals surface area contributed by atoms with Crippen LogP contribution in [0.15, 0.2) is 66.1 Å². The van der Waals surface area contributed by atoms with Crippen LogP contribution in [0.2, 0.25) is 0 Å². The van der Waals surface area contributed by atoms with Crippen LogP contribution in [0.4, 0.5) is 10.1 Å². The van der Waals surface area contributed by atoms with Crippen molar-refractivity contribution in [2.24, 2.45) is 0 Å². The summed E-state index contributed by atoms with van der Waals surface area (Å²) < 4.78 is 45.0. The fraction of sp³-hybridized carbons (Fsp3) is 0.105. The maximum atomic E-state index is 13.9. The van der Waals surface area contributed by atoms with Crippen molar-refractivity contribution in [3.05, 3.63) is 72.6 Å². The van der Waals surface area contributed by atoms with Crippen LogP contribution in [0.25, 0.3) is 0 Å². The van der Waals surface area contributed by atoms with Gasteiger partial charge in [0.1, 0.15) is 17.9 Å². The van der Waals surface area contributed by atoms with E-state index in [0.717, 1.165) is 16.4 Å². The van der Waals surface area contributed by atoms with E-state index in [-0.39, 0.29) is 21.9 Å². The second-order valence-electron chi connectivity index (χ2n) is 6.12. The molecule has 3 rings (SSSR count). The Bertz CT molecular complexity index is 1140. The Labute approximate surface area is 167 Å². The van der Waals surface area contributed by atoms with Crippen molar-refractivity contribution >= 4 is 21.6 Å². The van der Waals surface area contributed by atoms with Crippen LogP contribution in [-0.2, 0) is 10.0 Å². The number of hydrogen-bond donors (Lipinski definition) is 1. The van der Waals surface area contributed by atoms with Crippen molar-refractivity contribution in [2.45, 2.75) is 4.90 Å². The summed E-state index contributed by atoms with van der Waals surface area (Å²) >= 11 is 0. The minimum Gasteiger partial charge on any atom is -0.454 e. The number of carbonyl (C=O) groups is 1. The predicted octanol–water partition coefficient (Wildman–Crippen LogP) is 2.91. The molecular formula is C19H17FN4O4S. The number of amides is 1. The molecule has 0 aliphatic heterocycles. The summed E-state index contributed by atoms with van der Waals surface area (Å²) in [4.78, 5) is 20.1. The standard InChI is InChI=1S/C19H17FN4O4S/c1-24(2)29(26,27)18-5-3-4-13(6-18)19(25)23-15-7-14(20)8-16(9-15)28-17-10-21-12-22-11-17/h3-12H,1-2H3,(H,23,25). The minimum atomic E-state index is -3.69. The number of rotatable bonds is 6. The highest BCUT2D eigenvalue weighted by Gasteiger charge is 2.19. The van der Waals surface area contributed by atoms with E-state index in [1.807, 2.05) is 0 Å². The molecule has 0 fully saturated rings. The van der Waals surface area contributed by atoms with E-state index in [1.54, 1.807) is 0 Å². The van der Waals surface area contributed by atoms with Crippen LogP contribution >= 0.6 is 0 Å².